The summed E-state index contributed by atoms with van der Waals surface area (Å²) < 4.78 is 0. The molecule has 2 N–H and O–H groups in total. The zero-order chi connectivity index (χ0) is 15.5. The molecule has 1 unspecified atom stereocenters. The first-order valence-corrected chi connectivity index (χ1v) is 8.71. The van der Waals surface area contributed by atoms with Gasteiger partial charge in [0.15, 0.2) is 0 Å². The Labute approximate surface area is 142 Å². The Morgan fingerprint density at radius 3 is 2.41 bits per heavy atom. The van der Waals surface area contributed by atoms with Crippen LogP contribution < -0.4 is 5.73 Å². The predicted octanol–water partition coefficient (Wildman–Crippen LogP) is 2.65. The van der Waals surface area contributed by atoms with Crippen LogP contribution in [0.5, 0.6) is 0 Å². The number of hydrogen-bond donors (Lipinski definition) is 1. The van der Waals surface area contributed by atoms with Crippen LogP contribution in [0, 0.1) is 5.41 Å². The SMILES string of the molecule is CCN(C(=O)CN1CCC(N)C(C)(C)C1)C1CCCCC1.Cl. The molecule has 0 spiro atoms. The van der Waals surface area contributed by atoms with Gasteiger partial charge in [-0.1, -0.05) is 33.1 Å². The molecule has 1 saturated carbocycles. The Morgan fingerprint density at radius 1 is 1.23 bits per heavy atom. The van der Waals surface area contributed by atoms with Crippen molar-refractivity contribution >= 4 is 18.3 Å². The highest BCUT2D eigenvalue weighted by Crippen LogP contribution is 2.28. The van der Waals surface area contributed by atoms with Crippen molar-refractivity contribution in [2.75, 3.05) is 26.2 Å². The van der Waals surface area contributed by atoms with E-state index in [4.69, 9.17) is 5.73 Å². The maximum absolute atomic E-state index is 12.7. The second-order valence-corrected chi connectivity index (χ2v) is 7.57. The second kappa shape index (κ2) is 8.51. The van der Waals surface area contributed by atoms with E-state index in [2.05, 4.69) is 30.6 Å². The van der Waals surface area contributed by atoms with Crippen LogP contribution in [-0.4, -0.2) is 54.0 Å². The summed E-state index contributed by atoms with van der Waals surface area (Å²) in [4.78, 5) is 17.1. The molecular formula is C17H34ClN3O. The van der Waals surface area contributed by atoms with Gasteiger partial charge in [-0.25, -0.2) is 0 Å². The van der Waals surface area contributed by atoms with Crippen molar-refractivity contribution in [2.24, 2.45) is 11.1 Å². The normalized spacial score (nSPS) is 26.3. The Kier molecular flexibility index (Phi) is 7.63. The average molecular weight is 332 g/mol. The lowest BCUT2D eigenvalue weighted by Crippen LogP contribution is -2.55. The average Bonchev–Trinajstić information content (AvgIpc) is 2.44. The van der Waals surface area contributed by atoms with Crippen LogP contribution in [0.25, 0.3) is 0 Å². The van der Waals surface area contributed by atoms with Crippen LogP contribution in [0.1, 0.15) is 59.3 Å². The fraction of sp³-hybridized carbons (Fsp3) is 0.941. The molecule has 0 bridgehead atoms. The van der Waals surface area contributed by atoms with Gasteiger partial charge >= 0.3 is 0 Å². The second-order valence-electron chi connectivity index (χ2n) is 7.57. The number of hydrogen-bond acceptors (Lipinski definition) is 3. The summed E-state index contributed by atoms with van der Waals surface area (Å²) in [6.45, 7) is 9.85. The number of halogens is 1. The summed E-state index contributed by atoms with van der Waals surface area (Å²) in [5, 5.41) is 0. The molecule has 1 atom stereocenters. The molecule has 0 aromatic rings. The topological polar surface area (TPSA) is 49.6 Å². The molecule has 130 valence electrons. The molecule has 22 heavy (non-hydrogen) atoms. The molecule has 1 amide bonds. The highest BCUT2D eigenvalue weighted by atomic mass is 35.5. The fourth-order valence-corrected chi connectivity index (χ4v) is 3.93. The van der Waals surface area contributed by atoms with E-state index in [0.29, 0.717) is 18.5 Å². The highest BCUT2D eigenvalue weighted by molar-refractivity contribution is 5.85. The molecule has 2 aliphatic rings. The minimum atomic E-state index is 0. The minimum Gasteiger partial charge on any atom is -0.339 e. The van der Waals surface area contributed by atoms with Crippen molar-refractivity contribution in [3.05, 3.63) is 0 Å². The van der Waals surface area contributed by atoms with Gasteiger partial charge in [-0.3, -0.25) is 9.69 Å². The molecule has 1 aliphatic carbocycles. The van der Waals surface area contributed by atoms with E-state index < -0.39 is 0 Å². The van der Waals surface area contributed by atoms with Gasteiger partial charge in [-0.15, -0.1) is 12.4 Å². The number of carbonyl (C=O) groups excluding carboxylic acids is 1. The number of likely N-dealkylation sites (N-methyl/N-ethyl adjacent to an activating group) is 1. The van der Waals surface area contributed by atoms with Gasteiger partial charge in [-0.2, -0.15) is 0 Å². The molecular weight excluding hydrogens is 298 g/mol. The third kappa shape index (κ3) is 4.84. The van der Waals surface area contributed by atoms with Crippen LogP contribution in [0.2, 0.25) is 0 Å². The monoisotopic (exact) mass is 331 g/mol. The van der Waals surface area contributed by atoms with E-state index in [9.17, 15) is 4.79 Å². The quantitative estimate of drug-likeness (QED) is 0.861. The Hall–Kier alpha value is -0.320. The molecule has 0 aromatic heterocycles. The predicted molar refractivity (Wildman–Crippen MR) is 94.3 cm³/mol. The molecule has 2 fully saturated rings. The lowest BCUT2D eigenvalue weighted by Gasteiger charge is -2.43. The van der Waals surface area contributed by atoms with Gasteiger partial charge in [0.1, 0.15) is 0 Å². The Balaban J connectivity index is 0.00000242. The number of likely N-dealkylation sites (tertiary alicyclic amines) is 1. The third-order valence-corrected chi connectivity index (χ3v) is 5.43. The summed E-state index contributed by atoms with van der Waals surface area (Å²) in [7, 11) is 0. The largest absolute Gasteiger partial charge is 0.339 e. The molecule has 1 aliphatic heterocycles. The lowest BCUT2D eigenvalue weighted by atomic mass is 9.80. The van der Waals surface area contributed by atoms with Crippen molar-refractivity contribution in [1.82, 2.24) is 9.80 Å². The number of amides is 1. The fourth-order valence-electron chi connectivity index (χ4n) is 3.93. The number of piperidine rings is 1. The lowest BCUT2D eigenvalue weighted by molar-refractivity contribution is -0.136. The summed E-state index contributed by atoms with van der Waals surface area (Å²) in [5.41, 5.74) is 6.30. The van der Waals surface area contributed by atoms with E-state index >= 15 is 0 Å². The smallest absolute Gasteiger partial charge is 0.236 e. The molecule has 5 heteroatoms. The van der Waals surface area contributed by atoms with Crippen LogP contribution in [0.3, 0.4) is 0 Å². The summed E-state index contributed by atoms with van der Waals surface area (Å²) in [6.07, 6.45) is 7.27. The number of rotatable bonds is 4. The minimum absolute atomic E-state index is 0. The molecule has 0 aromatic carbocycles. The van der Waals surface area contributed by atoms with Crippen molar-refractivity contribution in [3.63, 3.8) is 0 Å². The van der Waals surface area contributed by atoms with Crippen LogP contribution in [0.15, 0.2) is 0 Å². The van der Waals surface area contributed by atoms with Gasteiger partial charge in [0.25, 0.3) is 0 Å². The van der Waals surface area contributed by atoms with Crippen LogP contribution in [0.4, 0.5) is 0 Å². The first-order valence-electron chi connectivity index (χ1n) is 8.71. The van der Waals surface area contributed by atoms with Crippen molar-refractivity contribution in [3.8, 4) is 0 Å². The third-order valence-electron chi connectivity index (χ3n) is 5.43. The van der Waals surface area contributed by atoms with Gasteiger partial charge in [0.2, 0.25) is 5.91 Å². The van der Waals surface area contributed by atoms with Crippen molar-refractivity contribution < 1.29 is 4.79 Å². The van der Waals surface area contributed by atoms with Gasteiger partial charge in [0.05, 0.1) is 6.54 Å². The van der Waals surface area contributed by atoms with E-state index in [1.165, 1.54) is 32.1 Å². The maximum Gasteiger partial charge on any atom is 0.236 e. The number of nitrogens with two attached hydrogens (primary N) is 1. The van der Waals surface area contributed by atoms with E-state index in [1.54, 1.807) is 0 Å². The molecule has 1 saturated heterocycles. The Morgan fingerprint density at radius 2 is 1.86 bits per heavy atom. The summed E-state index contributed by atoms with van der Waals surface area (Å²) >= 11 is 0. The summed E-state index contributed by atoms with van der Waals surface area (Å²) in [6, 6.07) is 0.737. The zero-order valence-electron chi connectivity index (χ0n) is 14.5. The highest BCUT2D eigenvalue weighted by Gasteiger charge is 2.35. The zero-order valence-corrected chi connectivity index (χ0v) is 15.3. The maximum atomic E-state index is 12.7. The summed E-state index contributed by atoms with van der Waals surface area (Å²) in [5.74, 6) is 0.315. The van der Waals surface area contributed by atoms with Crippen LogP contribution in [-0.2, 0) is 4.79 Å². The standard InChI is InChI=1S/C17H33N3O.ClH/c1-4-20(14-8-6-5-7-9-14)16(21)12-19-11-10-15(18)17(2,3)13-19;/h14-15H,4-13,18H2,1-3H3;1H. The van der Waals surface area contributed by atoms with E-state index in [-0.39, 0.29) is 23.9 Å². The first-order chi connectivity index (χ1) is 9.94. The van der Waals surface area contributed by atoms with Crippen molar-refractivity contribution in [2.45, 2.75) is 71.4 Å². The Bertz CT molecular complexity index is 356. The molecule has 0 radical (unpaired) electrons. The van der Waals surface area contributed by atoms with Gasteiger partial charge in [0, 0.05) is 31.7 Å². The molecule has 4 nitrogen and oxygen atoms in total. The van der Waals surface area contributed by atoms with Gasteiger partial charge < -0.3 is 10.6 Å². The number of carbonyl (C=O) groups is 1. The molecule has 1 heterocycles. The number of nitrogens with zero attached hydrogens (tertiary/aromatic N) is 2. The van der Waals surface area contributed by atoms with E-state index in [1.807, 2.05) is 0 Å². The van der Waals surface area contributed by atoms with E-state index in [0.717, 1.165) is 26.1 Å². The van der Waals surface area contributed by atoms with Crippen LogP contribution >= 0.6 is 12.4 Å². The first kappa shape index (κ1) is 19.7. The van der Waals surface area contributed by atoms with Crippen molar-refractivity contribution in [1.29, 1.82) is 0 Å². The molecule has 2 rings (SSSR count). The van der Waals surface area contributed by atoms with Gasteiger partial charge in [-0.05, 0) is 31.6 Å².